The predicted octanol–water partition coefficient (Wildman–Crippen LogP) is 1.35. The molecule has 0 aromatic rings. The van der Waals surface area contributed by atoms with Crippen LogP contribution in [0.25, 0.3) is 0 Å². The van der Waals surface area contributed by atoms with E-state index in [1.54, 1.807) is 0 Å². The molecule has 1 fully saturated rings. The molecule has 3 nitrogen and oxygen atoms in total. The van der Waals surface area contributed by atoms with Gasteiger partial charge in [-0.15, -0.1) is 0 Å². The van der Waals surface area contributed by atoms with Crippen LogP contribution in [0.2, 0.25) is 0 Å². The highest BCUT2D eigenvalue weighted by atomic mass is 15.1. The average molecular weight is 183 g/mol. The van der Waals surface area contributed by atoms with Crippen LogP contribution in [0.4, 0.5) is 0 Å². The first-order valence-electron chi connectivity index (χ1n) is 5.10. The van der Waals surface area contributed by atoms with Gasteiger partial charge in [0, 0.05) is 13.1 Å². The van der Waals surface area contributed by atoms with Crippen molar-refractivity contribution < 1.29 is 0 Å². The van der Waals surface area contributed by atoms with Gasteiger partial charge in [0.25, 0.3) is 0 Å². The minimum Gasteiger partial charge on any atom is -0.370 e. The van der Waals surface area contributed by atoms with Crippen LogP contribution in [0, 0.1) is 11.3 Å². The zero-order valence-electron chi connectivity index (χ0n) is 8.93. The molecule has 0 spiro atoms. The maximum Gasteiger partial charge on any atom is 0.188 e. The highest BCUT2D eigenvalue weighted by Gasteiger charge is 2.44. The first kappa shape index (κ1) is 10.4. The molecule has 0 heterocycles. The Balaban J connectivity index is 2.17. The second kappa shape index (κ2) is 3.99. The number of hydrogen-bond acceptors (Lipinski definition) is 1. The fourth-order valence-electron chi connectivity index (χ4n) is 1.41. The van der Waals surface area contributed by atoms with Gasteiger partial charge in [-0.25, -0.2) is 0 Å². The van der Waals surface area contributed by atoms with Gasteiger partial charge in [0.15, 0.2) is 5.96 Å². The molecule has 1 unspecified atom stereocenters. The normalized spacial score (nSPS) is 25.8. The molecule has 3 heteroatoms. The maximum absolute atomic E-state index is 5.66. The molecule has 0 aromatic carbocycles. The lowest BCUT2D eigenvalue weighted by molar-refractivity contribution is 0.565. The van der Waals surface area contributed by atoms with E-state index < -0.39 is 0 Å². The van der Waals surface area contributed by atoms with Crippen molar-refractivity contribution >= 4 is 5.96 Å². The van der Waals surface area contributed by atoms with Crippen molar-refractivity contribution in [1.82, 2.24) is 5.32 Å². The third-order valence-electron chi connectivity index (χ3n) is 2.76. The van der Waals surface area contributed by atoms with Gasteiger partial charge < -0.3 is 11.1 Å². The highest BCUT2D eigenvalue weighted by molar-refractivity contribution is 5.77. The summed E-state index contributed by atoms with van der Waals surface area (Å²) in [6, 6.07) is 0. The number of nitrogens with two attached hydrogens (primary N) is 1. The summed E-state index contributed by atoms with van der Waals surface area (Å²) in [4.78, 5) is 4.30. The second-order valence-electron chi connectivity index (χ2n) is 4.54. The molecule has 0 amide bonds. The monoisotopic (exact) mass is 183 g/mol. The first-order valence-corrected chi connectivity index (χ1v) is 5.10. The largest absolute Gasteiger partial charge is 0.370 e. The molecule has 0 aliphatic heterocycles. The predicted molar refractivity (Wildman–Crippen MR) is 56.7 cm³/mol. The van der Waals surface area contributed by atoms with Crippen molar-refractivity contribution in [3.8, 4) is 0 Å². The summed E-state index contributed by atoms with van der Waals surface area (Å²) >= 11 is 0. The summed E-state index contributed by atoms with van der Waals surface area (Å²) in [5.74, 6) is 1.35. The number of aliphatic imine (C=N–C) groups is 1. The number of nitrogens with zero attached hydrogens (tertiary/aromatic N) is 1. The SMILES string of the molecule is CCCNC(N)=NCC1CC1(C)C. The Morgan fingerprint density at radius 3 is 2.69 bits per heavy atom. The third kappa shape index (κ3) is 3.25. The quantitative estimate of drug-likeness (QED) is 0.510. The van der Waals surface area contributed by atoms with Crippen molar-refractivity contribution in [3.05, 3.63) is 0 Å². The van der Waals surface area contributed by atoms with Crippen LogP contribution in [-0.4, -0.2) is 19.0 Å². The fraction of sp³-hybridized carbons (Fsp3) is 0.900. The number of guanidine groups is 1. The van der Waals surface area contributed by atoms with E-state index in [1.807, 2.05) is 0 Å². The minimum atomic E-state index is 0.508. The van der Waals surface area contributed by atoms with E-state index in [1.165, 1.54) is 6.42 Å². The van der Waals surface area contributed by atoms with Gasteiger partial charge in [0.05, 0.1) is 0 Å². The van der Waals surface area contributed by atoms with Gasteiger partial charge in [0.1, 0.15) is 0 Å². The van der Waals surface area contributed by atoms with Crippen molar-refractivity contribution in [2.24, 2.45) is 22.1 Å². The van der Waals surface area contributed by atoms with Crippen LogP contribution in [0.5, 0.6) is 0 Å². The van der Waals surface area contributed by atoms with E-state index in [2.05, 4.69) is 31.1 Å². The lowest BCUT2D eigenvalue weighted by Gasteiger charge is -2.03. The molecule has 1 rings (SSSR count). The Morgan fingerprint density at radius 2 is 2.23 bits per heavy atom. The molecule has 76 valence electrons. The second-order valence-corrected chi connectivity index (χ2v) is 4.54. The Kier molecular flexibility index (Phi) is 3.17. The molecule has 0 radical (unpaired) electrons. The van der Waals surface area contributed by atoms with Gasteiger partial charge in [-0.2, -0.15) is 0 Å². The molecule has 0 saturated heterocycles. The first-order chi connectivity index (χ1) is 6.06. The number of nitrogens with one attached hydrogen (secondary N) is 1. The lowest BCUT2D eigenvalue weighted by Crippen LogP contribution is -2.32. The van der Waals surface area contributed by atoms with Crippen LogP contribution in [0.15, 0.2) is 4.99 Å². The molecule has 0 bridgehead atoms. The zero-order chi connectivity index (χ0) is 9.90. The summed E-state index contributed by atoms with van der Waals surface area (Å²) in [6.45, 7) is 8.48. The molecule has 1 saturated carbocycles. The Morgan fingerprint density at radius 1 is 1.62 bits per heavy atom. The van der Waals surface area contributed by atoms with Crippen LogP contribution >= 0.6 is 0 Å². The molecule has 3 N–H and O–H groups in total. The topological polar surface area (TPSA) is 50.4 Å². The number of rotatable bonds is 4. The molecule has 13 heavy (non-hydrogen) atoms. The molecular weight excluding hydrogens is 162 g/mol. The third-order valence-corrected chi connectivity index (χ3v) is 2.76. The molecule has 1 atom stereocenters. The van der Waals surface area contributed by atoms with Crippen LogP contribution in [0.3, 0.4) is 0 Å². The van der Waals surface area contributed by atoms with Gasteiger partial charge in [-0.05, 0) is 24.2 Å². The average Bonchev–Trinajstić information content (AvgIpc) is 2.67. The minimum absolute atomic E-state index is 0.508. The van der Waals surface area contributed by atoms with E-state index in [-0.39, 0.29) is 0 Å². The summed E-state index contributed by atoms with van der Waals surface area (Å²) in [6.07, 6.45) is 2.38. The fourth-order valence-corrected chi connectivity index (χ4v) is 1.41. The summed E-state index contributed by atoms with van der Waals surface area (Å²) in [7, 11) is 0. The highest BCUT2D eigenvalue weighted by Crippen LogP contribution is 2.51. The van der Waals surface area contributed by atoms with E-state index in [0.717, 1.165) is 25.4 Å². The molecule has 1 aliphatic carbocycles. The van der Waals surface area contributed by atoms with E-state index in [9.17, 15) is 0 Å². The van der Waals surface area contributed by atoms with Crippen LogP contribution < -0.4 is 11.1 Å². The maximum atomic E-state index is 5.66. The molecule has 0 aromatic heterocycles. The van der Waals surface area contributed by atoms with Crippen LogP contribution in [0.1, 0.15) is 33.6 Å². The molecular formula is C10H21N3. The van der Waals surface area contributed by atoms with E-state index in [4.69, 9.17) is 5.73 Å². The van der Waals surface area contributed by atoms with Gasteiger partial charge in [-0.3, -0.25) is 4.99 Å². The Hall–Kier alpha value is -0.730. The smallest absolute Gasteiger partial charge is 0.188 e. The van der Waals surface area contributed by atoms with Crippen molar-refractivity contribution in [3.63, 3.8) is 0 Å². The standard InChI is InChI=1S/C10H21N3/c1-4-5-12-9(11)13-7-8-6-10(8,2)3/h8H,4-7H2,1-3H3,(H3,11,12,13). The summed E-state index contributed by atoms with van der Waals surface area (Å²) in [5.41, 5.74) is 6.17. The summed E-state index contributed by atoms with van der Waals surface area (Å²) in [5, 5.41) is 3.07. The van der Waals surface area contributed by atoms with E-state index >= 15 is 0 Å². The Bertz CT molecular complexity index is 196. The van der Waals surface area contributed by atoms with Crippen molar-refractivity contribution in [1.29, 1.82) is 0 Å². The zero-order valence-corrected chi connectivity index (χ0v) is 8.93. The van der Waals surface area contributed by atoms with Gasteiger partial charge in [-0.1, -0.05) is 20.8 Å². The van der Waals surface area contributed by atoms with Gasteiger partial charge in [0.2, 0.25) is 0 Å². The van der Waals surface area contributed by atoms with Crippen LogP contribution in [-0.2, 0) is 0 Å². The van der Waals surface area contributed by atoms with Crippen molar-refractivity contribution in [2.45, 2.75) is 33.6 Å². The molecule has 1 aliphatic rings. The number of hydrogen-bond donors (Lipinski definition) is 2. The van der Waals surface area contributed by atoms with E-state index in [0.29, 0.717) is 11.4 Å². The van der Waals surface area contributed by atoms with Crippen molar-refractivity contribution in [2.75, 3.05) is 13.1 Å². The Labute approximate surface area is 80.8 Å². The van der Waals surface area contributed by atoms with Gasteiger partial charge >= 0.3 is 0 Å². The lowest BCUT2D eigenvalue weighted by atomic mass is 10.1. The summed E-state index contributed by atoms with van der Waals surface area (Å²) < 4.78 is 0.